The Morgan fingerprint density at radius 2 is 2.20 bits per heavy atom. The molecule has 0 unspecified atom stereocenters. The standard InChI is InChI=1S/C6H7N3O/c7-5-1-4(6(8)10)2-9-3-5/h1-3H,7H2,(H2,8,10). The van der Waals surface area contributed by atoms with Crippen LogP contribution in [0, 0.1) is 0 Å². The van der Waals surface area contributed by atoms with Gasteiger partial charge in [-0.15, -0.1) is 0 Å². The highest BCUT2D eigenvalue weighted by molar-refractivity contribution is 5.93. The van der Waals surface area contributed by atoms with Crippen LogP contribution in [0.4, 0.5) is 5.69 Å². The van der Waals surface area contributed by atoms with Gasteiger partial charge in [0, 0.05) is 12.4 Å². The van der Waals surface area contributed by atoms with E-state index in [1.165, 1.54) is 18.5 Å². The number of nitrogens with zero attached hydrogens (tertiary/aromatic N) is 1. The molecule has 0 aliphatic carbocycles. The second-order valence-corrected chi connectivity index (χ2v) is 1.87. The molecule has 0 aromatic carbocycles. The third-order valence-electron chi connectivity index (χ3n) is 1.04. The van der Waals surface area contributed by atoms with E-state index in [1.807, 2.05) is 0 Å². The number of rotatable bonds is 1. The smallest absolute Gasteiger partial charge is 0.250 e. The fraction of sp³-hybridized carbons (Fsp3) is 0. The lowest BCUT2D eigenvalue weighted by Crippen LogP contribution is -2.11. The van der Waals surface area contributed by atoms with E-state index < -0.39 is 5.91 Å². The molecule has 0 saturated carbocycles. The molecule has 0 fully saturated rings. The monoisotopic (exact) mass is 137 g/mol. The first kappa shape index (κ1) is 6.54. The maximum atomic E-state index is 10.5. The number of hydrogen-bond donors (Lipinski definition) is 2. The lowest BCUT2D eigenvalue weighted by atomic mass is 10.2. The Balaban J connectivity index is 3.07. The van der Waals surface area contributed by atoms with Gasteiger partial charge in [-0.3, -0.25) is 9.78 Å². The van der Waals surface area contributed by atoms with Crippen molar-refractivity contribution in [3.8, 4) is 0 Å². The van der Waals surface area contributed by atoms with Crippen LogP contribution < -0.4 is 11.5 Å². The summed E-state index contributed by atoms with van der Waals surface area (Å²) >= 11 is 0. The predicted octanol–water partition coefficient (Wildman–Crippen LogP) is -0.237. The number of amides is 1. The first-order valence-corrected chi connectivity index (χ1v) is 2.70. The number of carbonyl (C=O) groups excluding carboxylic acids is 1. The summed E-state index contributed by atoms with van der Waals surface area (Å²) in [4.78, 5) is 14.2. The fourth-order valence-electron chi connectivity index (χ4n) is 0.592. The Kier molecular flexibility index (Phi) is 1.53. The molecule has 10 heavy (non-hydrogen) atoms. The number of anilines is 1. The molecule has 1 aromatic heterocycles. The van der Waals surface area contributed by atoms with Crippen LogP contribution in [-0.4, -0.2) is 10.9 Å². The topological polar surface area (TPSA) is 82.0 Å². The zero-order valence-electron chi connectivity index (χ0n) is 5.24. The molecule has 1 aromatic rings. The number of aromatic nitrogens is 1. The summed E-state index contributed by atoms with van der Waals surface area (Å²) in [7, 11) is 0. The zero-order chi connectivity index (χ0) is 7.56. The van der Waals surface area contributed by atoms with Gasteiger partial charge in [-0.25, -0.2) is 0 Å². The number of primary amides is 1. The highest BCUT2D eigenvalue weighted by Crippen LogP contribution is 2.01. The molecule has 1 amide bonds. The zero-order valence-corrected chi connectivity index (χ0v) is 5.24. The van der Waals surface area contributed by atoms with Crippen molar-refractivity contribution in [3.05, 3.63) is 24.0 Å². The molecule has 0 radical (unpaired) electrons. The van der Waals surface area contributed by atoms with Gasteiger partial charge < -0.3 is 11.5 Å². The summed E-state index contributed by atoms with van der Waals surface area (Å²) in [6.45, 7) is 0. The lowest BCUT2D eigenvalue weighted by molar-refractivity contribution is 0.1000. The van der Waals surface area contributed by atoms with Crippen molar-refractivity contribution in [2.24, 2.45) is 5.73 Å². The second kappa shape index (κ2) is 2.34. The maximum Gasteiger partial charge on any atom is 0.250 e. The first-order chi connectivity index (χ1) is 4.70. The van der Waals surface area contributed by atoms with Crippen molar-refractivity contribution in [2.45, 2.75) is 0 Å². The highest BCUT2D eigenvalue weighted by Gasteiger charge is 1.98. The number of pyridine rings is 1. The fourth-order valence-corrected chi connectivity index (χ4v) is 0.592. The molecular weight excluding hydrogens is 130 g/mol. The summed E-state index contributed by atoms with van der Waals surface area (Å²) in [6.07, 6.45) is 2.82. The summed E-state index contributed by atoms with van der Waals surface area (Å²) in [6, 6.07) is 1.48. The highest BCUT2D eigenvalue weighted by atomic mass is 16.1. The third-order valence-corrected chi connectivity index (χ3v) is 1.04. The van der Waals surface area contributed by atoms with Gasteiger partial charge in [-0.1, -0.05) is 0 Å². The molecule has 4 N–H and O–H groups in total. The lowest BCUT2D eigenvalue weighted by Gasteiger charge is -1.93. The van der Waals surface area contributed by atoms with Gasteiger partial charge in [0.2, 0.25) is 5.91 Å². The molecule has 4 heteroatoms. The largest absolute Gasteiger partial charge is 0.397 e. The molecule has 0 atom stereocenters. The molecule has 0 saturated heterocycles. The van der Waals surface area contributed by atoms with Crippen LogP contribution in [0.2, 0.25) is 0 Å². The molecule has 0 aliphatic rings. The molecular formula is C6H7N3O. The van der Waals surface area contributed by atoms with Gasteiger partial charge in [0.25, 0.3) is 0 Å². The summed E-state index contributed by atoms with van der Waals surface area (Å²) in [5.74, 6) is -0.514. The van der Waals surface area contributed by atoms with Crippen LogP contribution in [-0.2, 0) is 0 Å². The van der Waals surface area contributed by atoms with Gasteiger partial charge in [0.1, 0.15) is 0 Å². The van der Waals surface area contributed by atoms with Crippen molar-refractivity contribution in [3.63, 3.8) is 0 Å². The molecule has 0 spiro atoms. The van der Waals surface area contributed by atoms with E-state index >= 15 is 0 Å². The second-order valence-electron chi connectivity index (χ2n) is 1.87. The van der Waals surface area contributed by atoms with Crippen LogP contribution in [0.25, 0.3) is 0 Å². The van der Waals surface area contributed by atoms with Crippen molar-refractivity contribution in [2.75, 3.05) is 5.73 Å². The van der Waals surface area contributed by atoms with Crippen molar-refractivity contribution in [1.82, 2.24) is 4.98 Å². The van der Waals surface area contributed by atoms with Crippen LogP contribution in [0.15, 0.2) is 18.5 Å². The van der Waals surface area contributed by atoms with Crippen molar-refractivity contribution >= 4 is 11.6 Å². The molecule has 1 rings (SSSR count). The quantitative estimate of drug-likeness (QED) is 0.560. The minimum absolute atomic E-state index is 0.333. The average Bonchev–Trinajstić information content (AvgIpc) is 1.88. The Hall–Kier alpha value is -1.58. The van der Waals surface area contributed by atoms with Gasteiger partial charge in [-0.2, -0.15) is 0 Å². The molecule has 1 heterocycles. The number of hydrogen-bond acceptors (Lipinski definition) is 3. The molecule has 0 bridgehead atoms. The van der Waals surface area contributed by atoms with E-state index in [1.54, 1.807) is 0 Å². The van der Waals surface area contributed by atoms with Gasteiger partial charge >= 0.3 is 0 Å². The van der Waals surface area contributed by atoms with E-state index in [2.05, 4.69) is 4.98 Å². The Bertz CT molecular complexity index is 259. The number of nitrogen functional groups attached to an aromatic ring is 1. The van der Waals surface area contributed by atoms with E-state index in [0.717, 1.165) is 0 Å². The molecule has 4 nitrogen and oxygen atoms in total. The van der Waals surface area contributed by atoms with Crippen molar-refractivity contribution < 1.29 is 4.79 Å². The van der Waals surface area contributed by atoms with Gasteiger partial charge in [0.05, 0.1) is 11.3 Å². The summed E-state index contributed by atoms with van der Waals surface area (Å²) in [5.41, 5.74) is 11.0. The van der Waals surface area contributed by atoms with Crippen LogP contribution in [0.5, 0.6) is 0 Å². The maximum absolute atomic E-state index is 10.5. The number of carbonyl (C=O) groups is 1. The van der Waals surface area contributed by atoms with Crippen LogP contribution >= 0.6 is 0 Å². The Labute approximate surface area is 57.9 Å². The van der Waals surface area contributed by atoms with E-state index in [9.17, 15) is 4.79 Å². The van der Waals surface area contributed by atoms with E-state index in [-0.39, 0.29) is 0 Å². The molecule has 0 aliphatic heterocycles. The minimum Gasteiger partial charge on any atom is -0.397 e. The van der Waals surface area contributed by atoms with E-state index in [4.69, 9.17) is 11.5 Å². The normalized spacial score (nSPS) is 9.20. The Morgan fingerprint density at radius 1 is 1.50 bits per heavy atom. The Morgan fingerprint density at radius 3 is 2.60 bits per heavy atom. The van der Waals surface area contributed by atoms with E-state index in [0.29, 0.717) is 11.3 Å². The summed E-state index contributed by atoms with van der Waals surface area (Å²) in [5, 5.41) is 0. The summed E-state index contributed by atoms with van der Waals surface area (Å²) < 4.78 is 0. The number of nitrogens with two attached hydrogens (primary N) is 2. The van der Waals surface area contributed by atoms with Gasteiger partial charge in [0.15, 0.2) is 0 Å². The minimum atomic E-state index is -0.514. The average molecular weight is 137 g/mol. The van der Waals surface area contributed by atoms with Crippen molar-refractivity contribution in [1.29, 1.82) is 0 Å². The van der Waals surface area contributed by atoms with Crippen LogP contribution in [0.3, 0.4) is 0 Å². The first-order valence-electron chi connectivity index (χ1n) is 2.70. The van der Waals surface area contributed by atoms with Gasteiger partial charge in [-0.05, 0) is 6.07 Å². The molecule has 52 valence electrons. The predicted molar refractivity (Wildman–Crippen MR) is 37.2 cm³/mol. The SMILES string of the molecule is NC(=O)c1cncc(N)c1. The third kappa shape index (κ3) is 1.22. The van der Waals surface area contributed by atoms with Crippen LogP contribution in [0.1, 0.15) is 10.4 Å².